The van der Waals surface area contributed by atoms with Crippen LogP contribution in [0, 0.1) is 0 Å². The topological polar surface area (TPSA) is 124 Å². The van der Waals surface area contributed by atoms with Crippen molar-refractivity contribution in [2.45, 2.75) is 44.1 Å². The van der Waals surface area contributed by atoms with E-state index in [1.807, 2.05) is 0 Å². The first-order chi connectivity index (χ1) is 16.6. The molecule has 0 saturated carbocycles. The number of ether oxygens (including phenoxy) is 2. The Morgan fingerprint density at radius 2 is 1.20 bits per heavy atom. The van der Waals surface area contributed by atoms with Crippen molar-refractivity contribution >= 4 is 26.9 Å². The average molecular weight is 536 g/mol. The Labute approximate surface area is 208 Å². The Morgan fingerprint density at radius 1 is 0.771 bits per heavy atom. The van der Waals surface area contributed by atoms with Gasteiger partial charge in [0.2, 0.25) is 0 Å². The van der Waals surface area contributed by atoms with Crippen LogP contribution in [0.3, 0.4) is 0 Å². The number of rotatable bonds is 23. The van der Waals surface area contributed by atoms with Crippen molar-refractivity contribution < 1.29 is 46.3 Å². The third kappa shape index (κ3) is 13.3. The highest BCUT2D eigenvalue weighted by Gasteiger charge is 2.50. The highest BCUT2D eigenvalue weighted by Crippen LogP contribution is 2.71. The number of Topliss-reactive ketones (excluding diaryl/α,β-unsaturated/α-hetero) is 1. The third-order valence-corrected chi connectivity index (χ3v) is 10.1. The molecule has 0 spiro atoms. The van der Waals surface area contributed by atoms with Gasteiger partial charge in [0.1, 0.15) is 12.4 Å². The van der Waals surface area contributed by atoms with Crippen LogP contribution in [0.2, 0.25) is 0 Å². The number of esters is 1. The summed E-state index contributed by atoms with van der Waals surface area (Å²) in [5.41, 5.74) is 0. The van der Waals surface area contributed by atoms with E-state index in [1.54, 1.807) is 6.92 Å². The molecular weight excluding hydrogens is 498 g/mol. The number of hydrogen-bond acceptors (Lipinski definition) is 10. The molecule has 35 heavy (non-hydrogen) atoms. The van der Waals surface area contributed by atoms with E-state index in [0.29, 0.717) is 0 Å². The fraction of sp³-hybridized carbons (Fsp3) is 0.565. The molecular formula is C23H38O10P2. The zero-order chi connectivity index (χ0) is 26.7. The lowest BCUT2D eigenvalue weighted by Crippen LogP contribution is -2.20. The molecule has 1 atom stereocenters. The lowest BCUT2D eigenvalue weighted by atomic mass is 10.1. The van der Waals surface area contributed by atoms with Crippen LogP contribution in [-0.4, -0.2) is 63.4 Å². The van der Waals surface area contributed by atoms with E-state index in [1.165, 1.54) is 31.4 Å². The van der Waals surface area contributed by atoms with Gasteiger partial charge in [0, 0.05) is 20.0 Å². The van der Waals surface area contributed by atoms with Gasteiger partial charge in [0.05, 0.1) is 39.0 Å². The van der Waals surface area contributed by atoms with Gasteiger partial charge in [-0.3, -0.25) is 18.7 Å². The predicted octanol–water partition coefficient (Wildman–Crippen LogP) is 5.22. The van der Waals surface area contributed by atoms with Crippen LogP contribution in [0.15, 0.2) is 50.6 Å². The zero-order valence-corrected chi connectivity index (χ0v) is 22.4. The van der Waals surface area contributed by atoms with Gasteiger partial charge < -0.3 is 27.6 Å². The summed E-state index contributed by atoms with van der Waals surface area (Å²) in [6.45, 7) is 15.2. The Morgan fingerprint density at radius 3 is 1.57 bits per heavy atom. The van der Waals surface area contributed by atoms with Crippen LogP contribution in [-0.2, 0) is 46.3 Å². The fourth-order valence-corrected chi connectivity index (χ4v) is 7.71. The molecule has 0 amide bonds. The summed E-state index contributed by atoms with van der Waals surface area (Å²) in [4.78, 5) is 24.4. The quantitative estimate of drug-likeness (QED) is 0.0976. The second kappa shape index (κ2) is 18.6. The maximum absolute atomic E-state index is 13.7. The Balaban J connectivity index is 5.66. The highest BCUT2D eigenvalue weighted by atomic mass is 31.2. The molecule has 0 aromatic carbocycles. The van der Waals surface area contributed by atoms with Crippen molar-refractivity contribution in [1.29, 1.82) is 0 Å². The van der Waals surface area contributed by atoms with Gasteiger partial charge in [0.15, 0.2) is 5.40 Å². The van der Waals surface area contributed by atoms with Crippen molar-refractivity contribution in [2.75, 3.05) is 40.1 Å². The maximum Gasteiger partial charge on any atom is 0.346 e. The zero-order valence-electron chi connectivity index (χ0n) is 20.6. The van der Waals surface area contributed by atoms with Crippen LogP contribution in [0.4, 0.5) is 0 Å². The molecule has 10 nitrogen and oxygen atoms in total. The minimum Gasteiger partial charge on any atom is -0.463 e. The molecule has 0 rings (SSSR count). The van der Waals surface area contributed by atoms with Crippen LogP contribution >= 0.6 is 15.2 Å². The molecule has 0 heterocycles. The lowest BCUT2D eigenvalue weighted by Gasteiger charge is -2.31. The van der Waals surface area contributed by atoms with Gasteiger partial charge in [-0.2, -0.15) is 0 Å². The molecule has 0 saturated heterocycles. The van der Waals surface area contributed by atoms with Gasteiger partial charge in [-0.25, -0.2) is 0 Å². The van der Waals surface area contributed by atoms with Crippen LogP contribution in [0.5, 0.6) is 0 Å². The minimum atomic E-state index is -4.17. The van der Waals surface area contributed by atoms with E-state index >= 15 is 0 Å². The maximum atomic E-state index is 13.7. The van der Waals surface area contributed by atoms with E-state index < -0.39 is 26.6 Å². The molecule has 0 aliphatic carbocycles. The Bertz CT molecular complexity index is 721. The SMILES string of the molecule is C=CCOP(=O)(OCC=C)C(CCC(=O)CCC(=O)OCC(C)OC)P(=O)(OCC=C)OCC=C. The summed E-state index contributed by atoms with van der Waals surface area (Å²) in [6.07, 6.45) is 4.46. The van der Waals surface area contributed by atoms with E-state index in [-0.39, 0.29) is 70.6 Å². The molecule has 1 unspecified atom stereocenters. The van der Waals surface area contributed by atoms with Crippen molar-refractivity contribution in [1.82, 2.24) is 0 Å². The van der Waals surface area contributed by atoms with Crippen molar-refractivity contribution in [3.05, 3.63) is 50.6 Å². The largest absolute Gasteiger partial charge is 0.463 e. The molecule has 0 N–H and O–H groups in total. The molecule has 12 heteroatoms. The number of hydrogen-bond donors (Lipinski definition) is 0. The fourth-order valence-electron chi connectivity index (χ4n) is 2.54. The van der Waals surface area contributed by atoms with Gasteiger partial charge in [-0.15, -0.1) is 26.3 Å². The van der Waals surface area contributed by atoms with Gasteiger partial charge in [-0.1, -0.05) is 24.3 Å². The first-order valence-electron chi connectivity index (χ1n) is 11.0. The van der Waals surface area contributed by atoms with E-state index in [4.69, 9.17) is 27.6 Å². The second-order valence-corrected chi connectivity index (χ2v) is 12.1. The number of methoxy groups -OCH3 is 1. The van der Waals surface area contributed by atoms with Crippen LogP contribution in [0.1, 0.15) is 32.6 Å². The summed E-state index contributed by atoms with van der Waals surface area (Å²) >= 11 is 0. The number of carbonyl (C=O) groups is 2. The standard InChI is InChI=1S/C23H38O10P2/c1-7-15-30-34(26,31-16-8-2)23(35(27,32-17-9-3)33-18-10-4)14-12-21(24)11-13-22(25)29-19-20(5)28-6/h7-10,20,23H,1-4,11-19H2,5-6H3. The smallest absolute Gasteiger partial charge is 0.346 e. The minimum absolute atomic E-state index is 0.0700. The van der Waals surface area contributed by atoms with Crippen molar-refractivity contribution in [3.8, 4) is 0 Å². The summed E-state index contributed by atoms with van der Waals surface area (Å²) in [5, 5.41) is -1.44. The third-order valence-electron chi connectivity index (χ3n) is 4.39. The van der Waals surface area contributed by atoms with Crippen molar-refractivity contribution in [3.63, 3.8) is 0 Å². The highest BCUT2D eigenvalue weighted by molar-refractivity contribution is 7.72. The molecule has 0 aliphatic rings. The second-order valence-electron chi connectivity index (χ2n) is 7.20. The first-order valence-corrected chi connectivity index (χ1v) is 14.3. The predicted molar refractivity (Wildman–Crippen MR) is 135 cm³/mol. The van der Waals surface area contributed by atoms with E-state index in [2.05, 4.69) is 26.3 Å². The molecule has 200 valence electrons. The summed E-state index contributed by atoms with van der Waals surface area (Å²) in [6, 6.07) is 0. The molecule has 0 aliphatic heterocycles. The molecule has 0 fully saturated rings. The van der Waals surface area contributed by atoms with E-state index in [0.717, 1.165) is 0 Å². The molecule has 0 bridgehead atoms. The summed E-state index contributed by atoms with van der Waals surface area (Å²) in [7, 11) is -6.84. The number of carbonyl (C=O) groups excluding carboxylic acids is 2. The summed E-state index contributed by atoms with van der Waals surface area (Å²) < 4.78 is 59.2. The average Bonchev–Trinajstić information content (AvgIpc) is 2.85. The Hall–Kier alpha value is -1.64. The lowest BCUT2D eigenvalue weighted by molar-refractivity contribution is -0.147. The van der Waals surface area contributed by atoms with E-state index in [9.17, 15) is 18.7 Å². The monoisotopic (exact) mass is 536 g/mol. The number of ketones is 1. The summed E-state index contributed by atoms with van der Waals surface area (Å²) in [5.74, 6) is -0.896. The van der Waals surface area contributed by atoms with Crippen LogP contribution in [0.25, 0.3) is 0 Å². The van der Waals surface area contributed by atoms with Crippen LogP contribution < -0.4 is 0 Å². The van der Waals surface area contributed by atoms with Gasteiger partial charge in [-0.05, 0) is 13.3 Å². The molecule has 0 aromatic heterocycles. The van der Waals surface area contributed by atoms with Gasteiger partial charge in [0.25, 0.3) is 0 Å². The molecule has 0 aromatic rings. The Kier molecular flexibility index (Phi) is 17.7. The normalized spacial score (nSPS) is 12.7. The van der Waals surface area contributed by atoms with Crippen molar-refractivity contribution in [2.24, 2.45) is 0 Å². The molecule has 0 radical (unpaired) electrons. The first kappa shape index (κ1) is 33.4. The van der Waals surface area contributed by atoms with Gasteiger partial charge >= 0.3 is 21.2 Å².